The number of carboxylic acid groups (broad SMARTS) is 1. The van der Waals surface area contributed by atoms with Gasteiger partial charge in [-0.25, -0.2) is 4.79 Å². The molecule has 0 aliphatic carbocycles. The molecule has 1 aromatic rings. The normalized spacial score (nSPS) is 10.8. The first kappa shape index (κ1) is 12.7. The van der Waals surface area contributed by atoms with Crippen molar-refractivity contribution in [2.24, 2.45) is 0 Å². The Morgan fingerprint density at radius 3 is 2.14 bits per heavy atom. The number of rotatable bonds is 2. The molecule has 0 heterocycles. The highest BCUT2D eigenvalue weighted by Crippen LogP contribution is 2.23. The van der Waals surface area contributed by atoms with Crippen LogP contribution in [0, 0.1) is 10.7 Å². The first-order valence-corrected chi connectivity index (χ1v) is 6.80. The summed E-state index contributed by atoms with van der Waals surface area (Å²) >= 11 is 6.65. The second kappa shape index (κ2) is 5.64. The molecule has 74 valence electrons. The van der Waals surface area contributed by atoms with Crippen molar-refractivity contribution in [3.8, 4) is 0 Å². The molecule has 0 fully saturated rings. The van der Waals surface area contributed by atoms with Gasteiger partial charge in [0.1, 0.15) is 0 Å². The van der Waals surface area contributed by atoms with E-state index in [0.29, 0.717) is 0 Å². The van der Waals surface area contributed by atoms with Gasteiger partial charge < -0.3 is 5.11 Å². The quantitative estimate of drug-likeness (QED) is 0.473. The molecular formula is C9H5I3O2. The molecule has 2 nitrogen and oxygen atoms in total. The van der Waals surface area contributed by atoms with E-state index in [2.05, 4.69) is 67.8 Å². The van der Waals surface area contributed by atoms with Crippen LogP contribution in [-0.2, 0) is 4.79 Å². The number of hydrogen-bond acceptors (Lipinski definition) is 1. The van der Waals surface area contributed by atoms with Gasteiger partial charge in [0, 0.05) is 22.4 Å². The van der Waals surface area contributed by atoms with Crippen LogP contribution in [0.25, 0.3) is 6.08 Å². The van der Waals surface area contributed by atoms with E-state index in [1.165, 1.54) is 0 Å². The van der Waals surface area contributed by atoms with Crippen molar-refractivity contribution >= 4 is 79.8 Å². The molecule has 1 rings (SSSR count). The number of benzene rings is 1. The number of hydrogen-bond donors (Lipinski definition) is 1. The summed E-state index contributed by atoms with van der Waals surface area (Å²) in [6, 6.07) is 4.04. The number of carbonyl (C=O) groups is 1. The number of halogens is 3. The molecule has 1 N–H and O–H groups in total. The Morgan fingerprint density at radius 2 is 1.71 bits per heavy atom. The molecule has 0 saturated carbocycles. The molecule has 0 atom stereocenters. The van der Waals surface area contributed by atoms with E-state index in [0.717, 1.165) is 22.4 Å². The highest BCUT2D eigenvalue weighted by atomic mass is 127. The zero-order chi connectivity index (χ0) is 10.7. The average molecular weight is 526 g/mol. The second-order valence-electron chi connectivity index (χ2n) is 2.45. The second-order valence-corrected chi connectivity index (χ2v) is 6.02. The Kier molecular flexibility index (Phi) is 5.11. The van der Waals surface area contributed by atoms with Gasteiger partial charge in [-0.15, -0.1) is 0 Å². The summed E-state index contributed by atoms with van der Waals surface area (Å²) in [7, 11) is 0. The Balaban J connectivity index is 3.15. The molecule has 5 heteroatoms. The number of carboxylic acids is 1. The molecule has 0 amide bonds. The molecular weight excluding hydrogens is 521 g/mol. The summed E-state index contributed by atoms with van der Waals surface area (Å²) in [5.74, 6) is -0.921. The van der Waals surface area contributed by atoms with Gasteiger partial charge in [0.25, 0.3) is 0 Å². The molecule has 14 heavy (non-hydrogen) atoms. The third kappa shape index (κ3) is 3.65. The summed E-state index contributed by atoms with van der Waals surface area (Å²) in [6.07, 6.45) is 2.79. The zero-order valence-corrected chi connectivity index (χ0v) is 13.3. The van der Waals surface area contributed by atoms with Crippen LogP contribution in [0.15, 0.2) is 18.2 Å². The largest absolute Gasteiger partial charge is 0.478 e. The summed E-state index contributed by atoms with van der Waals surface area (Å²) in [4.78, 5) is 10.4. The van der Waals surface area contributed by atoms with Gasteiger partial charge in [0.2, 0.25) is 0 Å². The van der Waals surface area contributed by atoms with Crippen molar-refractivity contribution in [1.29, 1.82) is 0 Å². The van der Waals surface area contributed by atoms with Crippen LogP contribution in [0.1, 0.15) is 5.56 Å². The maximum atomic E-state index is 10.4. The minimum atomic E-state index is -0.921. The van der Waals surface area contributed by atoms with Gasteiger partial charge >= 0.3 is 5.97 Å². The topological polar surface area (TPSA) is 37.3 Å². The fraction of sp³-hybridized carbons (Fsp3) is 0. The van der Waals surface area contributed by atoms with E-state index in [1.807, 2.05) is 12.1 Å². The molecule has 0 bridgehead atoms. The first-order valence-electron chi connectivity index (χ1n) is 3.56. The molecule has 0 aliphatic heterocycles. The van der Waals surface area contributed by atoms with Crippen molar-refractivity contribution in [2.75, 3.05) is 0 Å². The van der Waals surface area contributed by atoms with Gasteiger partial charge in [-0.05, 0) is 86.0 Å². The van der Waals surface area contributed by atoms with Crippen molar-refractivity contribution in [1.82, 2.24) is 0 Å². The lowest BCUT2D eigenvalue weighted by atomic mass is 10.2. The van der Waals surface area contributed by atoms with Crippen molar-refractivity contribution in [2.45, 2.75) is 0 Å². The van der Waals surface area contributed by atoms with Crippen LogP contribution in [0.2, 0.25) is 0 Å². The lowest BCUT2D eigenvalue weighted by Gasteiger charge is -2.02. The fourth-order valence-electron chi connectivity index (χ4n) is 0.867. The van der Waals surface area contributed by atoms with Crippen molar-refractivity contribution < 1.29 is 9.90 Å². The highest BCUT2D eigenvalue weighted by molar-refractivity contribution is 14.1. The van der Waals surface area contributed by atoms with Crippen LogP contribution < -0.4 is 0 Å². The predicted molar refractivity (Wildman–Crippen MR) is 81.3 cm³/mol. The summed E-state index contributed by atoms with van der Waals surface area (Å²) in [5, 5.41) is 8.52. The van der Waals surface area contributed by atoms with Crippen LogP contribution in [0.3, 0.4) is 0 Å². The summed E-state index contributed by atoms with van der Waals surface area (Å²) in [5.41, 5.74) is 0.967. The lowest BCUT2D eigenvalue weighted by Crippen LogP contribution is -1.90. The van der Waals surface area contributed by atoms with Gasteiger partial charge in [-0.1, -0.05) is 0 Å². The molecule has 0 spiro atoms. The Hall–Kier alpha value is 0.620. The van der Waals surface area contributed by atoms with E-state index in [-0.39, 0.29) is 0 Å². The summed E-state index contributed by atoms with van der Waals surface area (Å²) in [6.45, 7) is 0. The molecule has 0 radical (unpaired) electrons. The number of aliphatic carboxylic acids is 1. The Morgan fingerprint density at radius 1 is 1.21 bits per heavy atom. The maximum absolute atomic E-state index is 10.4. The van der Waals surface area contributed by atoms with Crippen LogP contribution in [-0.4, -0.2) is 11.1 Å². The highest BCUT2D eigenvalue weighted by Gasteiger charge is 2.03. The minimum Gasteiger partial charge on any atom is -0.478 e. The first-order chi connectivity index (χ1) is 6.50. The van der Waals surface area contributed by atoms with Gasteiger partial charge in [-0.2, -0.15) is 0 Å². The van der Waals surface area contributed by atoms with Gasteiger partial charge in [0.05, 0.1) is 0 Å². The van der Waals surface area contributed by atoms with E-state index >= 15 is 0 Å². The Bertz CT molecular complexity index is 376. The van der Waals surface area contributed by atoms with Crippen molar-refractivity contribution in [3.63, 3.8) is 0 Å². The summed E-state index contributed by atoms with van der Waals surface area (Å²) < 4.78 is 3.29. The molecule has 0 unspecified atom stereocenters. The van der Waals surface area contributed by atoms with Crippen LogP contribution in [0.5, 0.6) is 0 Å². The SMILES string of the molecule is O=C(O)C=Cc1c(I)cc(I)cc1I. The predicted octanol–water partition coefficient (Wildman–Crippen LogP) is 3.60. The van der Waals surface area contributed by atoms with Gasteiger partial charge in [0.15, 0.2) is 0 Å². The third-order valence-corrected chi connectivity index (χ3v) is 3.84. The molecule has 1 aromatic carbocycles. The smallest absolute Gasteiger partial charge is 0.328 e. The lowest BCUT2D eigenvalue weighted by molar-refractivity contribution is -0.131. The Labute approximate surface area is 123 Å². The monoisotopic (exact) mass is 526 g/mol. The molecule has 0 aromatic heterocycles. The van der Waals surface area contributed by atoms with E-state index < -0.39 is 5.97 Å². The average Bonchev–Trinajstić information content (AvgIpc) is 2.01. The van der Waals surface area contributed by atoms with Crippen LogP contribution in [0.4, 0.5) is 0 Å². The van der Waals surface area contributed by atoms with Crippen molar-refractivity contribution in [3.05, 3.63) is 34.5 Å². The molecule has 0 saturated heterocycles. The van der Waals surface area contributed by atoms with E-state index in [9.17, 15) is 4.79 Å². The molecule has 0 aliphatic rings. The van der Waals surface area contributed by atoms with E-state index in [4.69, 9.17) is 5.11 Å². The fourth-order valence-corrected chi connectivity index (χ4v) is 4.81. The third-order valence-electron chi connectivity index (χ3n) is 1.44. The van der Waals surface area contributed by atoms with E-state index in [1.54, 1.807) is 6.08 Å². The standard InChI is InChI=1S/C9H5I3O2/c10-5-3-7(11)6(8(12)4-5)1-2-9(13)14/h1-4H,(H,13,14). The minimum absolute atomic E-state index is 0.921. The zero-order valence-electron chi connectivity index (χ0n) is 6.80. The van der Waals surface area contributed by atoms with Gasteiger partial charge in [-0.3, -0.25) is 0 Å². The van der Waals surface area contributed by atoms with Crippen LogP contribution >= 0.6 is 67.8 Å². The maximum Gasteiger partial charge on any atom is 0.328 e.